The van der Waals surface area contributed by atoms with Crippen molar-refractivity contribution >= 4 is 11.9 Å². The van der Waals surface area contributed by atoms with Crippen LogP contribution in [0.4, 0.5) is 0 Å². The number of carbonyl (C=O) groups is 2. The van der Waals surface area contributed by atoms with Crippen molar-refractivity contribution in [1.82, 2.24) is 25.5 Å². The van der Waals surface area contributed by atoms with Crippen molar-refractivity contribution in [2.24, 2.45) is 11.3 Å². The van der Waals surface area contributed by atoms with E-state index in [1.807, 2.05) is 62.4 Å². The van der Waals surface area contributed by atoms with E-state index in [1.165, 1.54) is 4.90 Å². The van der Waals surface area contributed by atoms with E-state index in [-0.39, 0.29) is 18.4 Å². The van der Waals surface area contributed by atoms with E-state index in [0.29, 0.717) is 5.82 Å². The van der Waals surface area contributed by atoms with Crippen molar-refractivity contribution in [3.8, 4) is 22.5 Å². The highest BCUT2D eigenvalue weighted by Gasteiger charge is 2.37. The van der Waals surface area contributed by atoms with Gasteiger partial charge in [-0.2, -0.15) is 5.21 Å². The predicted molar refractivity (Wildman–Crippen MR) is 121 cm³/mol. The van der Waals surface area contributed by atoms with Crippen molar-refractivity contribution in [3.05, 3.63) is 54.1 Å². The minimum absolute atomic E-state index is 0.190. The molecule has 0 spiro atoms. The van der Waals surface area contributed by atoms with E-state index in [1.54, 1.807) is 20.8 Å². The fourth-order valence-corrected chi connectivity index (χ4v) is 3.70. The second-order valence-electron chi connectivity index (χ2n) is 9.19. The smallest absolute Gasteiger partial charge is 0.326 e. The maximum atomic E-state index is 13.1. The number of aliphatic carboxylic acids is 1. The number of aromatic amines is 1. The van der Waals surface area contributed by atoms with E-state index in [2.05, 4.69) is 20.6 Å². The van der Waals surface area contributed by atoms with Crippen LogP contribution in [0.3, 0.4) is 0 Å². The van der Waals surface area contributed by atoms with Crippen LogP contribution in [0.5, 0.6) is 0 Å². The quantitative estimate of drug-likeness (QED) is 0.580. The molecule has 0 bridgehead atoms. The highest BCUT2D eigenvalue weighted by molar-refractivity contribution is 5.87. The number of hydrogen-bond donors (Lipinski definition) is 2. The van der Waals surface area contributed by atoms with Gasteiger partial charge in [0.2, 0.25) is 11.7 Å². The largest absolute Gasteiger partial charge is 0.480 e. The van der Waals surface area contributed by atoms with Crippen LogP contribution >= 0.6 is 0 Å². The Kier molecular flexibility index (Phi) is 6.72. The lowest BCUT2D eigenvalue weighted by Gasteiger charge is -2.36. The first-order chi connectivity index (χ1) is 15.1. The molecule has 32 heavy (non-hydrogen) atoms. The van der Waals surface area contributed by atoms with Crippen molar-refractivity contribution in [3.63, 3.8) is 0 Å². The average Bonchev–Trinajstić information content (AvgIpc) is 3.27. The first-order valence-corrected chi connectivity index (χ1v) is 10.6. The van der Waals surface area contributed by atoms with Gasteiger partial charge in [-0.05, 0) is 27.8 Å². The number of nitrogens with one attached hydrogen (secondary N) is 1. The third-order valence-electron chi connectivity index (χ3n) is 5.25. The van der Waals surface area contributed by atoms with E-state index in [0.717, 1.165) is 22.3 Å². The Labute approximate surface area is 187 Å². The van der Waals surface area contributed by atoms with E-state index < -0.39 is 17.4 Å². The molecule has 0 aliphatic carbocycles. The number of rotatable bonds is 7. The first kappa shape index (κ1) is 23.1. The molecule has 3 rings (SSSR count). The van der Waals surface area contributed by atoms with E-state index >= 15 is 0 Å². The molecule has 1 aromatic heterocycles. The summed E-state index contributed by atoms with van der Waals surface area (Å²) in [4.78, 5) is 26.6. The Bertz CT molecular complexity index is 1070. The molecule has 2 N–H and O–H groups in total. The lowest BCUT2D eigenvalue weighted by atomic mass is 9.91. The van der Waals surface area contributed by atoms with Crippen LogP contribution in [0.25, 0.3) is 22.5 Å². The molecule has 1 atom stereocenters. The number of carboxylic acids is 1. The van der Waals surface area contributed by atoms with Crippen LogP contribution in [0.15, 0.2) is 48.5 Å². The number of hydrogen-bond acceptors (Lipinski definition) is 5. The number of tetrazole rings is 1. The Morgan fingerprint density at radius 2 is 1.66 bits per heavy atom. The van der Waals surface area contributed by atoms with Crippen LogP contribution < -0.4 is 0 Å². The number of nitrogens with zero attached hydrogens (tertiary/aromatic N) is 4. The molecule has 0 saturated heterocycles. The average molecular weight is 436 g/mol. The van der Waals surface area contributed by atoms with Gasteiger partial charge in [0, 0.05) is 17.5 Å². The van der Waals surface area contributed by atoms with Crippen molar-refractivity contribution in [2.75, 3.05) is 0 Å². The zero-order chi connectivity index (χ0) is 23.5. The maximum absolute atomic E-state index is 13.1. The van der Waals surface area contributed by atoms with Crippen molar-refractivity contribution in [2.45, 2.75) is 47.2 Å². The second-order valence-corrected chi connectivity index (χ2v) is 9.19. The predicted octanol–water partition coefficient (Wildman–Crippen LogP) is 4.02. The third-order valence-corrected chi connectivity index (χ3v) is 5.25. The molecule has 0 radical (unpaired) electrons. The summed E-state index contributed by atoms with van der Waals surface area (Å²) in [6.07, 6.45) is 0. The number of amides is 1. The molecule has 2 aromatic carbocycles. The maximum Gasteiger partial charge on any atom is 0.326 e. The molecule has 0 aliphatic heterocycles. The lowest BCUT2D eigenvalue weighted by Crippen LogP contribution is -2.51. The summed E-state index contributed by atoms with van der Waals surface area (Å²) < 4.78 is 0. The molecule has 168 valence electrons. The monoisotopic (exact) mass is 435 g/mol. The number of aromatic nitrogens is 4. The van der Waals surface area contributed by atoms with E-state index in [4.69, 9.17) is 0 Å². The zero-order valence-corrected chi connectivity index (χ0v) is 19.0. The molecule has 0 fully saturated rings. The molecule has 8 heteroatoms. The number of carboxylic acid groups (broad SMARTS) is 1. The SMILES string of the molecule is CC(C)C(C(=O)O)N(Cc1ccc(-c2ccccc2-c2nn[nH]n2)cc1)C(=O)C(C)(C)C. The van der Waals surface area contributed by atoms with Crippen molar-refractivity contribution in [1.29, 1.82) is 0 Å². The van der Waals surface area contributed by atoms with Gasteiger partial charge in [-0.1, -0.05) is 83.1 Å². The Morgan fingerprint density at radius 1 is 1.03 bits per heavy atom. The summed E-state index contributed by atoms with van der Waals surface area (Å²) in [6.45, 7) is 9.27. The summed E-state index contributed by atoms with van der Waals surface area (Å²) in [5.74, 6) is -0.902. The molecule has 1 heterocycles. The fraction of sp³-hybridized carbons (Fsp3) is 0.375. The van der Waals surface area contributed by atoms with Gasteiger partial charge in [-0.25, -0.2) is 4.79 Å². The van der Waals surface area contributed by atoms with Gasteiger partial charge in [0.05, 0.1) is 0 Å². The van der Waals surface area contributed by atoms with Gasteiger partial charge in [0.15, 0.2) is 0 Å². The van der Waals surface area contributed by atoms with Crippen LogP contribution in [-0.4, -0.2) is 48.5 Å². The van der Waals surface area contributed by atoms with Gasteiger partial charge in [0.25, 0.3) is 0 Å². The first-order valence-electron chi connectivity index (χ1n) is 10.6. The molecular formula is C24H29N5O3. The summed E-state index contributed by atoms with van der Waals surface area (Å²) in [5.41, 5.74) is 2.93. The standard InChI is InChI=1S/C24H29N5O3/c1-15(2)20(22(30)31)29(23(32)24(3,4)5)14-16-10-12-17(13-11-16)18-8-6-7-9-19(18)21-25-27-28-26-21/h6-13,15,20H,14H2,1-5H3,(H,30,31)(H,25,26,27,28). The van der Waals surface area contributed by atoms with Gasteiger partial charge in [0.1, 0.15) is 6.04 Å². The third kappa shape index (κ3) is 5.01. The second kappa shape index (κ2) is 9.30. The molecular weight excluding hydrogens is 406 g/mol. The van der Waals surface area contributed by atoms with E-state index in [9.17, 15) is 14.7 Å². The Morgan fingerprint density at radius 3 is 2.16 bits per heavy atom. The highest BCUT2D eigenvalue weighted by atomic mass is 16.4. The van der Waals surface area contributed by atoms with Crippen molar-refractivity contribution < 1.29 is 14.7 Å². The summed E-state index contributed by atoms with van der Waals surface area (Å²) >= 11 is 0. The summed E-state index contributed by atoms with van der Waals surface area (Å²) in [6, 6.07) is 14.6. The normalized spacial score (nSPS) is 12.6. The Balaban J connectivity index is 1.93. The lowest BCUT2D eigenvalue weighted by molar-refractivity contribution is -0.156. The Hall–Kier alpha value is -3.55. The van der Waals surface area contributed by atoms with Gasteiger partial charge in [-0.15, -0.1) is 10.2 Å². The molecule has 8 nitrogen and oxygen atoms in total. The molecule has 3 aromatic rings. The van der Waals surface area contributed by atoms with Gasteiger partial charge < -0.3 is 10.0 Å². The van der Waals surface area contributed by atoms with Gasteiger partial charge >= 0.3 is 5.97 Å². The minimum Gasteiger partial charge on any atom is -0.480 e. The fourth-order valence-electron chi connectivity index (χ4n) is 3.70. The number of carbonyl (C=O) groups excluding carboxylic acids is 1. The summed E-state index contributed by atoms with van der Waals surface area (Å²) in [7, 11) is 0. The van der Waals surface area contributed by atoms with Crippen LogP contribution in [0, 0.1) is 11.3 Å². The molecule has 1 unspecified atom stereocenters. The molecule has 1 amide bonds. The topological polar surface area (TPSA) is 112 Å². The molecule has 0 saturated carbocycles. The summed E-state index contributed by atoms with van der Waals surface area (Å²) in [5, 5.41) is 24.1. The van der Waals surface area contributed by atoms with Crippen LogP contribution in [0.1, 0.15) is 40.2 Å². The highest BCUT2D eigenvalue weighted by Crippen LogP contribution is 2.30. The zero-order valence-electron chi connectivity index (χ0n) is 19.0. The van der Waals surface area contributed by atoms with Crippen LogP contribution in [0.2, 0.25) is 0 Å². The molecule has 0 aliphatic rings. The van der Waals surface area contributed by atoms with Crippen LogP contribution in [-0.2, 0) is 16.1 Å². The number of H-pyrrole nitrogens is 1. The number of benzene rings is 2. The minimum atomic E-state index is -0.997. The van der Waals surface area contributed by atoms with Gasteiger partial charge in [-0.3, -0.25) is 4.79 Å².